The van der Waals surface area contributed by atoms with Crippen molar-refractivity contribution in [2.45, 2.75) is 13.0 Å². The highest BCUT2D eigenvalue weighted by Gasteiger charge is 2.00. The van der Waals surface area contributed by atoms with Gasteiger partial charge in [0.05, 0.1) is 0 Å². The summed E-state index contributed by atoms with van der Waals surface area (Å²) >= 11 is 5.12. The van der Waals surface area contributed by atoms with Crippen LogP contribution in [0.15, 0.2) is 30.6 Å². The van der Waals surface area contributed by atoms with Crippen molar-refractivity contribution in [3.05, 3.63) is 52.3 Å². The zero-order valence-corrected chi connectivity index (χ0v) is 10.3. The van der Waals surface area contributed by atoms with Gasteiger partial charge in [-0.05, 0) is 17.7 Å². The van der Waals surface area contributed by atoms with Crippen LogP contribution in [0, 0.1) is 4.64 Å². The van der Waals surface area contributed by atoms with E-state index >= 15 is 0 Å². The lowest BCUT2D eigenvalue weighted by atomic mass is 10.1. The van der Waals surface area contributed by atoms with E-state index in [9.17, 15) is 0 Å². The number of nitrogens with zero attached hydrogens (tertiary/aromatic N) is 2. The summed E-state index contributed by atoms with van der Waals surface area (Å²) in [4.78, 5) is 11.5. The number of hydrogen-bond donors (Lipinski definition) is 1. The zero-order valence-electron chi connectivity index (χ0n) is 9.51. The van der Waals surface area contributed by atoms with Crippen LogP contribution in [0.2, 0.25) is 0 Å². The van der Waals surface area contributed by atoms with E-state index in [1.165, 1.54) is 0 Å². The van der Waals surface area contributed by atoms with E-state index in [4.69, 9.17) is 17.0 Å². The Hall–Kier alpha value is -1.59. The molecule has 2 rings (SSSR count). The minimum absolute atomic E-state index is 0.435. The summed E-state index contributed by atoms with van der Waals surface area (Å²) in [6.07, 6.45) is 4.36. The number of aromatic nitrogens is 3. The molecule has 0 aliphatic carbocycles. The number of methoxy groups -OCH3 is 1. The van der Waals surface area contributed by atoms with Gasteiger partial charge in [-0.1, -0.05) is 18.3 Å². The van der Waals surface area contributed by atoms with Crippen molar-refractivity contribution < 1.29 is 4.74 Å². The fourth-order valence-corrected chi connectivity index (χ4v) is 1.84. The maximum absolute atomic E-state index is 5.12. The van der Waals surface area contributed by atoms with Gasteiger partial charge in [0.15, 0.2) is 0 Å². The topological polar surface area (TPSA) is 50.8 Å². The maximum Gasteiger partial charge on any atom is 0.133 e. The van der Waals surface area contributed by atoms with Crippen LogP contribution < -0.4 is 0 Å². The number of pyridine rings is 1. The molecule has 0 spiro atoms. The second-order valence-corrected chi connectivity index (χ2v) is 4.08. The normalized spacial score (nSPS) is 10.4. The van der Waals surface area contributed by atoms with Crippen molar-refractivity contribution in [3.63, 3.8) is 0 Å². The predicted molar refractivity (Wildman–Crippen MR) is 67.2 cm³/mol. The van der Waals surface area contributed by atoms with E-state index in [0.717, 1.165) is 23.5 Å². The first-order valence-corrected chi connectivity index (χ1v) is 5.65. The monoisotopic (exact) mass is 247 g/mol. The van der Waals surface area contributed by atoms with Crippen molar-refractivity contribution >= 4 is 12.2 Å². The first kappa shape index (κ1) is 11.9. The van der Waals surface area contributed by atoms with Crippen LogP contribution >= 0.6 is 12.2 Å². The van der Waals surface area contributed by atoms with Crippen LogP contribution in [-0.4, -0.2) is 22.1 Å². The lowest BCUT2D eigenvalue weighted by molar-refractivity contribution is 0.177. The quantitative estimate of drug-likeness (QED) is 0.842. The number of hydrogen-bond acceptors (Lipinski definition) is 4. The lowest BCUT2D eigenvalue weighted by Crippen LogP contribution is -2.02. The van der Waals surface area contributed by atoms with E-state index in [0.29, 0.717) is 11.2 Å². The number of ether oxygens (including phenoxy) is 1. The Bertz CT molecular complexity index is 539. The van der Waals surface area contributed by atoms with Gasteiger partial charge in [-0.3, -0.25) is 4.98 Å². The average Bonchev–Trinajstić information content (AvgIpc) is 2.30. The SMILES string of the molecule is COCc1nc(=S)cc(Cc2cccnc2)[nH]1. The van der Waals surface area contributed by atoms with Gasteiger partial charge in [-0.15, -0.1) is 0 Å². The van der Waals surface area contributed by atoms with Gasteiger partial charge in [0.2, 0.25) is 0 Å². The number of H-pyrrole nitrogens is 1. The largest absolute Gasteiger partial charge is 0.377 e. The third kappa shape index (κ3) is 3.44. The average molecular weight is 247 g/mol. The first-order chi connectivity index (χ1) is 8.28. The molecule has 17 heavy (non-hydrogen) atoms. The molecule has 0 fully saturated rings. The molecule has 0 aliphatic heterocycles. The maximum atomic E-state index is 5.12. The molecule has 2 aromatic heterocycles. The van der Waals surface area contributed by atoms with Crippen LogP contribution in [0.4, 0.5) is 0 Å². The molecule has 5 heteroatoms. The number of rotatable bonds is 4. The zero-order chi connectivity index (χ0) is 12.1. The molecule has 0 radical (unpaired) electrons. The Kier molecular flexibility index (Phi) is 3.95. The van der Waals surface area contributed by atoms with Gasteiger partial charge in [0.1, 0.15) is 17.1 Å². The van der Waals surface area contributed by atoms with Gasteiger partial charge >= 0.3 is 0 Å². The highest BCUT2D eigenvalue weighted by atomic mass is 32.1. The summed E-state index contributed by atoms with van der Waals surface area (Å²) in [7, 11) is 1.63. The standard InChI is InChI=1S/C12H13N3OS/c1-16-8-11-14-10(6-12(17)15-11)5-9-3-2-4-13-7-9/h2-4,6-7H,5,8H2,1H3,(H,14,15,17). The Morgan fingerprint density at radius 1 is 1.47 bits per heavy atom. The fraction of sp³-hybridized carbons (Fsp3) is 0.250. The molecular weight excluding hydrogens is 234 g/mol. The smallest absolute Gasteiger partial charge is 0.133 e. The molecule has 88 valence electrons. The summed E-state index contributed by atoms with van der Waals surface area (Å²) in [5.41, 5.74) is 2.15. The van der Waals surface area contributed by atoms with Gasteiger partial charge in [0.25, 0.3) is 0 Å². The molecule has 4 nitrogen and oxygen atoms in total. The minimum atomic E-state index is 0.435. The lowest BCUT2D eigenvalue weighted by Gasteiger charge is -2.05. The van der Waals surface area contributed by atoms with Gasteiger partial charge in [-0.2, -0.15) is 0 Å². The van der Waals surface area contributed by atoms with E-state index in [2.05, 4.69) is 15.0 Å². The van der Waals surface area contributed by atoms with Crippen molar-refractivity contribution in [2.24, 2.45) is 0 Å². The molecule has 0 amide bonds. The van der Waals surface area contributed by atoms with Crippen LogP contribution in [0.25, 0.3) is 0 Å². The molecule has 0 unspecified atom stereocenters. The van der Waals surface area contributed by atoms with Crippen LogP contribution in [0.5, 0.6) is 0 Å². The van der Waals surface area contributed by atoms with E-state index in [-0.39, 0.29) is 0 Å². The highest BCUT2D eigenvalue weighted by Crippen LogP contribution is 2.06. The molecule has 0 aromatic carbocycles. The van der Waals surface area contributed by atoms with Crippen LogP contribution in [0.1, 0.15) is 17.1 Å². The summed E-state index contributed by atoms with van der Waals surface area (Å²) in [6.45, 7) is 0.435. The van der Waals surface area contributed by atoms with Crippen molar-refractivity contribution in [1.82, 2.24) is 15.0 Å². The van der Waals surface area contributed by atoms with E-state index < -0.39 is 0 Å². The van der Waals surface area contributed by atoms with E-state index in [1.807, 2.05) is 24.4 Å². The number of nitrogens with one attached hydrogen (secondary N) is 1. The highest BCUT2D eigenvalue weighted by molar-refractivity contribution is 7.71. The molecule has 0 bridgehead atoms. The molecule has 2 heterocycles. The summed E-state index contributed by atoms with van der Waals surface area (Å²) < 4.78 is 5.61. The van der Waals surface area contributed by atoms with Crippen molar-refractivity contribution in [1.29, 1.82) is 0 Å². The minimum Gasteiger partial charge on any atom is -0.377 e. The Balaban J connectivity index is 2.24. The Morgan fingerprint density at radius 2 is 2.35 bits per heavy atom. The second-order valence-electron chi connectivity index (χ2n) is 3.66. The van der Waals surface area contributed by atoms with Crippen LogP contribution in [0.3, 0.4) is 0 Å². The van der Waals surface area contributed by atoms with Crippen LogP contribution in [-0.2, 0) is 17.8 Å². The molecule has 0 saturated heterocycles. The van der Waals surface area contributed by atoms with Gasteiger partial charge in [0, 0.05) is 31.6 Å². The fourth-order valence-electron chi connectivity index (χ4n) is 1.59. The Morgan fingerprint density at radius 3 is 3.06 bits per heavy atom. The summed E-state index contributed by atoms with van der Waals surface area (Å²) in [6, 6.07) is 5.81. The Labute approximate surface area is 105 Å². The van der Waals surface area contributed by atoms with Crippen molar-refractivity contribution in [3.8, 4) is 0 Å². The summed E-state index contributed by atoms with van der Waals surface area (Å²) in [5.74, 6) is 0.749. The molecular formula is C12H13N3OS. The molecule has 0 saturated carbocycles. The third-order valence-corrected chi connectivity index (χ3v) is 2.46. The predicted octanol–water partition coefficient (Wildman–Crippen LogP) is 2.27. The van der Waals surface area contributed by atoms with E-state index in [1.54, 1.807) is 13.3 Å². The molecule has 0 atom stereocenters. The summed E-state index contributed by atoms with van der Waals surface area (Å²) in [5, 5.41) is 0. The molecule has 2 aromatic rings. The number of aromatic amines is 1. The first-order valence-electron chi connectivity index (χ1n) is 5.25. The molecule has 0 aliphatic rings. The second kappa shape index (κ2) is 5.65. The van der Waals surface area contributed by atoms with Gasteiger partial charge < -0.3 is 9.72 Å². The molecule has 1 N–H and O–H groups in total. The van der Waals surface area contributed by atoms with Crippen molar-refractivity contribution in [2.75, 3.05) is 7.11 Å². The third-order valence-electron chi connectivity index (χ3n) is 2.25. The van der Waals surface area contributed by atoms with Gasteiger partial charge in [-0.25, -0.2) is 4.98 Å².